The molecule has 0 aromatic heterocycles. The number of allylic oxidation sites excluding steroid dienone is 3. The monoisotopic (exact) mass is 599 g/mol. The largest absolute Gasteiger partial charge is 0.410 e. The first-order valence-electron chi connectivity index (χ1n) is 16.1. The fourth-order valence-electron chi connectivity index (χ4n) is 7.38. The van der Waals surface area contributed by atoms with Crippen molar-refractivity contribution in [1.29, 1.82) is 0 Å². The number of hydrogen-bond acceptors (Lipinski definition) is 3. The molecule has 41 heavy (non-hydrogen) atoms. The minimum Gasteiger partial charge on any atom is -0.410 e. The maximum atomic E-state index is 9.83. The van der Waals surface area contributed by atoms with Gasteiger partial charge in [-0.05, 0) is 108 Å². The zero-order chi connectivity index (χ0) is 31.2. The van der Waals surface area contributed by atoms with Gasteiger partial charge in [0.2, 0.25) is 0 Å². The van der Waals surface area contributed by atoms with Crippen LogP contribution in [0.5, 0.6) is 0 Å². The zero-order valence-corrected chi connectivity index (χ0v) is 30.8. The summed E-state index contributed by atoms with van der Waals surface area (Å²) in [6.07, 6.45) is 11.9. The van der Waals surface area contributed by atoms with E-state index < -0.39 is 22.4 Å². The summed E-state index contributed by atoms with van der Waals surface area (Å²) in [5.41, 5.74) is 13.0. The van der Waals surface area contributed by atoms with Crippen molar-refractivity contribution in [1.82, 2.24) is 0 Å². The van der Waals surface area contributed by atoms with Crippen molar-refractivity contribution in [2.45, 2.75) is 155 Å². The molecular formula is C34H61N3O2Si2. The second-order valence-electron chi connectivity index (χ2n) is 17.0. The molecule has 0 amide bonds. The standard InChI is InChI=1S/C34H61N3O2Si2/c1-24(2)28-19-20-29-26(16-15-21-33(28,29)10)17-18-27-22-34(36-37-35,39-41(13,14)32(7,8)9)23-30(25(27)3)38-40(11,12)31(4,5)6/h17-18,24,28-30H,3,15-16,19-23H2,1-2,4-14H3/t28-,29+,30?,33-,34?/m1/s1. The summed E-state index contributed by atoms with van der Waals surface area (Å²) in [6.45, 7) is 34.6. The Morgan fingerprint density at radius 3 is 2.17 bits per heavy atom. The number of fused-ring (bicyclic) bond motifs is 1. The maximum absolute atomic E-state index is 9.83. The molecule has 5 atom stereocenters. The van der Waals surface area contributed by atoms with Crippen molar-refractivity contribution < 1.29 is 8.85 Å². The van der Waals surface area contributed by atoms with E-state index in [0.29, 0.717) is 24.2 Å². The van der Waals surface area contributed by atoms with Gasteiger partial charge in [-0.25, -0.2) is 0 Å². The molecule has 0 spiro atoms. The van der Waals surface area contributed by atoms with E-state index in [1.54, 1.807) is 5.57 Å². The van der Waals surface area contributed by atoms with Crippen molar-refractivity contribution in [2.75, 3.05) is 0 Å². The van der Waals surface area contributed by atoms with E-state index in [1.807, 2.05) is 0 Å². The Bertz CT molecular complexity index is 1100. The van der Waals surface area contributed by atoms with Crippen molar-refractivity contribution in [3.63, 3.8) is 0 Å². The second kappa shape index (κ2) is 11.8. The number of hydrogen-bond donors (Lipinski definition) is 0. The molecule has 2 unspecified atom stereocenters. The second-order valence-corrected chi connectivity index (χ2v) is 26.5. The average Bonchev–Trinajstić information content (AvgIpc) is 3.16. The first kappa shape index (κ1) is 34.4. The van der Waals surface area contributed by atoms with Crippen molar-refractivity contribution >= 4 is 16.6 Å². The Labute approximate surface area is 254 Å². The van der Waals surface area contributed by atoms with Crippen LogP contribution in [0.25, 0.3) is 10.4 Å². The molecule has 7 heteroatoms. The molecule has 0 saturated heterocycles. The molecule has 0 N–H and O–H groups in total. The highest BCUT2D eigenvalue weighted by atomic mass is 28.4. The summed E-state index contributed by atoms with van der Waals surface area (Å²) in [5.74, 6) is 2.18. The maximum Gasteiger partial charge on any atom is 0.193 e. The summed E-state index contributed by atoms with van der Waals surface area (Å²) in [7, 11) is -4.39. The Kier molecular flexibility index (Phi) is 9.86. The lowest BCUT2D eigenvalue weighted by Gasteiger charge is -2.49. The van der Waals surface area contributed by atoms with Gasteiger partial charge in [0, 0.05) is 17.8 Å². The Morgan fingerprint density at radius 2 is 1.63 bits per heavy atom. The van der Waals surface area contributed by atoms with E-state index in [4.69, 9.17) is 8.85 Å². The van der Waals surface area contributed by atoms with Crippen LogP contribution in [0.1, 0.15) is 107 Å². The summed E-state index contributed by atoms with van der Waals surface area (Å²) in [6, 6.07) is 0. The van der Waals surface area contributed by atoms with Crippen LogP contribution in [0.4, 0.5) is 0 Å². The smallest absolute Gasteiger partial charge is 0.193 e. The number of azide groups is 1. The molecule has 0 heterocycles. The number of nitrogens with zero attached hydrogens (tertiary/aromatic N) is 3. The van der Waals surface area contributed by atoms with E-state index in [1.165, 1.54) is 32.1 Å². The van der Waals surface area contributed by atoms with Crippen LogP contribution < -0.4 is 0 Å². The van der Waals surface area contributed by atoms with E-state index in [0.717, 1.165) is 23.0 Å². The van der Waals surface area contributed by atoms with Crippen LogP contribution in [0.3, 0.4) is 0 Å². The van der Waals surface area contributed by atoms with Crippen LogP contribution in [-0.4, -0.2) is 28.5 Å². The third-order valence-electron chi connectivity index (χ3n) is 11.8. The van der Waals surface area contributed by atoms with Crippen molar-refractivity contribution in [3.05, 3.63) is 45.9 Å². The van der Waals surface area contributed by atoms with Crippen LogP contribution in [0.15, 0.2) is 40.6 Å². The quantitative estimate of drug-likeness (QED) is 0.126. The molecule has 0 radical (unpaired) electrons. The van der Waals surface area contributed by atoms with E-state index in [9.17, 15) is 5.53 Å². The van der Waals surface area contributed by atoms with Gasteiger partial charge in [0.15, 0.2) is 16.6 Å². The molecule has 5 nitrogen and oxygen atoms in total. The Morgan fingerprint density at radius 1 is 1.02 bits per heavy atom. The third kappa shape index (κ3) is 7.01. The first-order chi connectivity index (χ1) is 18.6. The molecular weight excluding hydrogens is 539 g/mol. The van der Waals surface area contributed by atoms with Gasteiger partial charge in [0.1, 0.15) is 5.72 Å². The molecule has 0 bridgehead atoms. The van der Waals surface area contributed by atoms with Gasteiger partial charge in [-0.1, -0.05) is 91.7 Å². The molecule has 0 aliphatic heterocycles. The lowest BCUT2D eigenvalue weighted by Crippen LogP contribution is -2.54. The highest BCUT2D eigenvalue weighted by molar-refractivity contribution is 6.74. The van der Waals surface area contributed by atoms with Crippen molar-refractivity contribution in [2.24, 2.45) is 28.3 Å². The van der Waals surface area contributed by atoms with Gasteiger partial charge in [0.25, 0.3) is 0 Å². The van der Waals surface area contributed by atoms with Crippen LogP contribution in [0, 0.1) is 23.2 Å². The average molecular weight is 600 g/mol. The lowest BCUT2D eigenvalue weighted by atomic mass is 9.61. The predicted octanol–water partition coefficient (Wildman–Crippen LogP) is 11.5. The van der Waals surface area contributed by atoms with Gasteiger partial charge >= 0.3 is 0 Å². The Balaban J connectivity index is 2.08. The van der Waals surface area contributed by atoms with Gasteiger partial charge in [-0.2, -0.15) is 0 Å². The minimum absolute atomic E-state index is 0.0109. The molecule has 3 fully saturated rings. The molecule has 0 aromatic carbocycles. The third-order valence-corrected chi connectivity index (χ3v) is 20.8. The first-order valence-corrected chi connectivity index (χ1v) is 21.9. The summed E-state index contributed by atoms with van der Waals surface area (Å²) in [4.78, 5) is 3.37. The molecule has 0 aromatic rings. The molecule has 3 aliphatic carbocycles. The van der Waals surface area contributed by atoms with E-state index in [2.05, 4.69) is 117 Å². The Hall–Kier alpha value is -1.12. The summed E-state index contributed by atoms with van der Waals surface area (Å²) in [5, 5.41) is 4.50. The highest BCUT2D eigenvalue weighted by Crippen LogP contribution is 2.59. The molecule has 3 rings (SSSR count). The van der Waals surface area contributed by atoms with Crippen LogP contribution in [0.2, 0.25) is 36.3 Å². The van der Waals surface area contributed by atoms with Gasteiger partial charge in [0.05, 0.1) is 6.10 Å². The van der Waals surface area contributed by atoms with Gasteiger partial charge in [-0.3, -0.25) is 0 Å². The molecule has 3 aliphatic rings. The zero-order valence-electron chi connectivity index (χ0n) is 28.8. The van der Waals surface area contributed by atoms with Gasteiger partial charge < -0.3 is 8.85 Å². The fraction of sp³-hybridized carbons (Fsp3) is 0.824. The lowest BCUT2D eigenvalue weighted by molar-refractivity contribution is 0.00759. The van der Waals surface area contributed by atoms with Crippen molar-refractivity contribution in [3.8, 4) is 0 Å². The topological polar surface area (TPSA) is 67.2 Å². The van der Waals surface area contributed by atoms with Crippen LogP contribution in [-0.2, 0) is 8.85 Å². The molecule has 232 valence electrons. The summed E-state index contributed by atoms with van der Waals surface area (Å²) >= 11 is 0. The van der Waals surface area contributed by atoms with E-state index >= 15 is 0 Å². The number of rotatable bonds is 7. The van der Waals surface area contributed by atoms with Crippen LogP contribution >= 0.6 is 0 Å². The van der Waals surface area contributed by atoms with E-state index in [-0.39, 0.29) is 16.2 Å². The summed E-state index contributed by atoms with van der Waals surface area (Å²) < 4.78 is 14.1. The molecule has 3 saturated carbocycles. The minimum atomic E-state index is -2.26. The predicted molar refractivity (Wildman–Crippen MR) is 180 cm³/mol. The fourth-order valence-corrected chi connectivity index (χ4v) is 10.1. The highest BCUT2D eigenvalue weighted by Gasteiger charge is 2.52. The SMILES string of the molecule is C=C1C(=CC=C2CCC[C@]3(C)[C@@H](C(C)C)CC[C@@H]23)CC(N=[N+]=[N-])(O[Si](C)(C)C(C)(C)C)CC1O[Si](C)(C)C(C)(C)C. The normalized spacial score (nSPS) is 33.8. The van der Waals surface area contributed by atoms with Gasteiger partial charge in [-0.15, -0.1) is 0 Å².